The van der Waals surface area contributed by atoms with Crippen LogP contribution < -0.4 is 20.1 Å². The van der Waals surface area contributed by atoms with Gasteiger partial charge in [0.2, 0.25) is 5.16 Å². The summed E-state index contributed by atoms with van der Waals surface area (Å²) >= 11 is 8.09. The first-order valence-corrected chi connectivity index (χ1v) is 13.5. The van der Waals surface area contributed by atoms with E-state index < -0.39 is 0 Å². The SMILES string of the molecule is CCOc1cc(CNCCSc2nnnn2-c2ccccc2)cc(Cl)c1OCC(=O)Nc1ccc(C)cc1. The molecule has 11 heteroatoms. The number of aromatic nitrogens is 4. The molecule has 2 N–H and O–H groups in total. The van der Waals surface area contributed by atoms with Crippen LogP contribution in [0.1, 0.15) is 18.1 Å². The van der Waals surface area contributed by atoms with E-state index in [1.165, 1.54) is 0 Å². The maximum absolute atomic E-state index is 12.4. The molecule has 0 bridgehead atoms. The maximum atomic E-state index is 12.4. The van der Waals surface area contributed by atoms with Gasteiger partial charge in [0.25, 0.3) is 5.91 Å². The average Bonchev–Trinajstić information content (AvgIpc) is 3.39. The second-order valence-corrected chi connectivity index (χ2v) is 9.74. The monoisotopic (exact) mass is 552 g/mol. The standard InChI is InChI=1S/C27H29ClN6O3S/c1-3-36-24-16-20(15-23(28)26(24)37-18-25(35)30-21-11-9-19(2)10-12-21)17-29-13-14-38-27-31-32-33-34(27)22-7-5-4-6-8-22/h4-12,15-16,29H,3,13-14,17-18H2,1-2H3,(H,30,35). The van der Waals surface area contributed by atoms with Gasteiger partial charge < -0.3 is 20.1 Å². The van der Waals surface area contributed by atoms with E-state index in [4.69, 9.17) is 21.1 Å². The van der Waals surface area contributed by atoms with E-state index >= 15 is 0 Å². The molecule has 0 unspecified atom stereocenters. The van der Waals surface area contributed by atoms with Crippen LogP contribution in [0.3, 0.4) is 0 Å². The smallest absolute Gasteiger partial charge is 0.262 e. The van der Waals surface area contributed by atoms with Crippen LogP contribution in [0.5, 0.6) is 11.5 Å². The summed E-state index contributed by atoms with van der Waals surface area (Å²) in [5, 5.41) is 19.3. The normalized spacial score (nSPS) is 10.8. The van der Waals surface area contributed by atoms with Gasteiger partial charge in [-0.3, -0.25) is 4.79 Å². The van der Waals surface area contributed by atoms with Gasteiger partial charge in [0, 0.05) is 24.5 Å². The minimum Gasteiger partial charge on any atom is -0.490 e. The highest BCUT2D eigenvalue weighted by Gasteiger charge is 2.15. The fourth-order valence-electron chi connectivity index (χ4n) is 3.55. The minimum absolute atomic E-state index is 0.190. The summed E-state index contributed by atoms with van der Waals surface area (Å²) in [6, 6.07) is 21.0. The molecule has 0 aliphatic heterocycles. The topological polar surface area (TPSA) is 103 Å². The Balaban J connectivity index is 1.28. The molecule has 0 atom stereocenters. The van der Waals surface area contributed by atoms with Gasteiger partial charge in [0.15, 0.2) is 18.1 Å². The zero-order valence-corrected chi connectivity index (χ0v) is 22.8. The lowest BCUT2D eigenvalue weighted by Crippen LogP contribution is -2.20. The number of nitrogens with one attached hydrogen (secondary N) is 2. The Hall–Kier alpha value is -3.60. The molecule has 0 saturated carbocycles. The highest BCUT2D eigenvalue weighted by Crippen LogP contribution is 2.36. The number of ether oxygens (including phenoxy) is 2. The summed E-state index contributed by atoms with van der Waals surface area (Å²) in [6.07, 6.45) is 0. The Morgan fingerprint density at radius 2 is 1.87 bits per heavy atom. The number of rotatable bonds is 13. The van der Waals surface area contributed by atoms with Crippen molar-refractivity contribution in [3.05, 3.63) is 82.9 Å². The number of carbonyl (C=O) groups excluding carboxylic acids is 1. The Morgan fingerprint density at radius 3 is 2.63 bits per heavy atom. The zero-order chi connectivity index (χ0) is 26.7. The molecule has 0 fully saturated rings. The van der Waals surface area contributed by atoms with Crippen LogP contribution in [0.15, 0.2) is 71.9 Å². The van der Waals surface area contributed by atoms with Crippen LogP contribution in [0.4, 0.5) is 5.69 Å². The molecule has 4 aromatic rings. The summed E-state index contributed by atoms with van der Waals surface area (Å²) in [7, 11) is 0. The lowest BCUT2D eigenvalue weighted by molar-refractivity contribution is -0.118. The molecule has 0 aliphatic carbocycles. The van der Waals surface area contributed by atoms with Gasteiger partial charge in [-0.1, -0.05) is 59.3 Å². The second kappa shape index (κ2) is 13.8. The number of hydrogen-bond acceptors (Lipinski definition) is 8. The van der Waals surface area contributed by atoms with Crippen molar-refractivity contribution in [2.75, 3.05) is 30.8 Å². The third-order valence-corrected chi connectivity index (χ3v) is 6.53. The summed E-state index contributed by atoms with van der Waals surface area (Å²) < 4.78 is 13.2. The predicted octanol–water partition coefficient (Wildman–Crippen LogP) is 4.92. The van der Waals surface area contributed by atoms with E-state index in [9.17, 15) is 4.79 Å². The van der Waals surface area contributed by atoms with Gasteiger partial charge in [0.05, 0.1) is 17.3 Å². The van der Waals surface area contributed by atoms with E-state index in [1.54, 1.807) is 16.4 Å². The maximum Gasteiger partial charge on any atom is 0.262 e. The van der Waals surface area contributed by atoms with Crippen LogP contribution in [-0.4, -0.2) is 51.6 Å². The minimum atomic E-state index is -0.283. The van der Waals surface area contributed by atoms with Gasteiger partial charge in [-0.15, -0.1) is 5.10 Å². The molecule has 9 nitrogen and oxygen atoms in total. The molecule has 38 heavy (non-hydrogen) atoms. The van der Waals surface area contributed by atoms with E-state index in [0.29, 0.717) is 35.4 Å². The largest absolute Gasteiger partial charge is 0.490 e. The molecular weight excluding hydrogens is 524 g/mol. The summed E-state index contributed by atoms with van der Waals surface area (Å²) in [4.78, 5) is 12.4. The predicted molar refractivity (Wildman–Crippen MR) is 150 cm³/mol. The van der Waals surface area contributed by atoms with Crippen LogP contribution >= 0.6 is 23.4 Å². The van der Waals surface area contributed by atoms with Gasteiger partial charge in [0.1, 0.15) is 0 Å². The third-order valence-electron chi connectivity index (χ3n) is 5.33. The molecule has 0 aliphatic rings. The van der Waals surface area contributed by atoms with Crippen LogP contribution in [-0.2, 0) is 11.3 Å². The van der Waals surface area contributed by atoms with Crippen molar-refractivity contribution in [1.82, 2.24) is 25.5 Å². The number of benzene rings is 3. The molecule has 198 valence electrons. The molecule has 3 aromatic carbocycles. The molecule has 0 saturated heterocycles. The van der Waals surface area contributed by atoms with E-state index in [-0.39, 0.29) is 12.5 Å². The second-order valence-electron chi connectivity index (χ2n) is 8.27. The highest BCUT2D eigenvalue weighted by atomic mass is 35.5. The lowest BCUT2D eigenvalue weighted by Gasteiger charge is -2.15. The summed E-state index contributed by atoms with van der Waals surface area (Å²) in [5.74, 6) is 1.33. The third kappa shape index (κ3) is 7.70. The number of nitrogens with zero attached hydrogens (tertiary/aromatic N) is 4. The van der Waals surface area contributed by atoms with Crippen LogP contribution in [0.2, 0.25) is 5.02 Å². The number of tetrazole rings is 1. The zero-order valence-electron chi connectivity index (χ0n) is 21.2. The van der Waals surface area contributed by atoms with Crippen molar-refractivity contribution in [1.29, 1.82) is 0 Å². The number of carbonyl (C=O) groups is 1. The first-order valence-electron chi connectivity index (χ1n) is 12.2. The first-order chi connectivity index (χ1) is 18.5. The Kier molecular flexibility index (Phi) is 9.97. The number of amides is 1. The van der Waals surface area contributed by atoms with Gasteiger partial charge >= 0.3 is 0 Å². The number of aryl methyl sites for hydroxylation is 1. The molecule has 1 heterocycles. The first kappa shape index (κ1) is 27.4. The van der Waals surface area contributed by atoms with Crippen LogP contribution in [0.25, 0.3) is 5.69 Å². The number of hydrogen-bond donors (Lipinski definition) is 2. The van der Waals surface area contributed by atoms with E-state index in [1.807, 2.05) is 80.6 Å². The van der Waals surface area contributed by atoms with Crippen molar-refractivity contribution in [2.24, 2.45) is 0 Å². The molecule has 0 radical (unpaired) electrons. The van der Waals surface area contributed by atoms with E-state index in [2.05, 4.69) is 26.2 Å². The molecule has 1 aromatic heterocycles. The van der Waals surface area contributed by atoms with Crippen molar-refractivity contribution in [3.8, 4) is 17.2 Å². The average molecular weight is 553 g/mol. The molecule has 1 amide bonds. The van der Waals surface area contributed by atoms with Gasteiger partial charge in [-0.2, -0.15) is 4.68 Å². The van der Waals surface area contributed by atoms with E-state index in [0.717, 1.165) is 34.3 Å². The van der Waals surface area contributed by atoms with Crippen molar-refractivity contribution < 1.29 is 14.3 Å². The quantitative estimate of drug-likeness (QED) is 0.178. The number of para-hydroxylation sites is 1. The highest BCUT2D eigenvalue weighted by molar-refractivity contribution is 7.99. The molecule has 4 rings (SSSR count). The number of thioether (sulfide) groups is 1. The number of halogens is 1. The molecular formula is C27H29ClN6O3S. The van der Waals surface area contributed by atoms with Gasteiger partial charge in [-0.25, -0.2) is 0 Å². The summed E-state index contributed by atoms with van der Waals surface area (Å²) in [5.41, 5.74) is 3.68. The van der Waals surface area contributed by atoms with Crippen molar-refractivity contribution in [3.63, 3.8) is 0 Å². The summed E-state index contributed by atoms with van der Waals surface area (Å²) in [6.45, 7) is 5.43. The van der Waals surface area contributed by atoms with Crippen LogP contribution in [0, 0.1) is 6.92 Å². The van der Waals surface area contributed by atoms with Gasteiger partial charge in [-0.05, 0) is 66.2 Å². The lowest BCUT2D eigenvalue weighted by atomic mass is 10.2. The Bertz CT molecular complexity index is 1330. The van der Waals surface area contributed by atoms with Crippen molar-refractivity contribution >= 4 is 35.0 Å². The van der Waals surface area contributed by atoms with Crippen molar-refractivity contribution in [2.45, 2.75) is 25.5 Å². The Morgan fingerprint density at radius 1 is 1.08 bits per heavy atom. The fourth-order valence-corrected chi connectivity index (χ4v) is 4.62. The Labute approximate surface area is 230 Å². The fraction of sp³-hybridized carbons (Fsp3) is 0.259. The number of anilines is 1. The molecule has 0 spiro atoms.